The van der Waals surface area contributed by atoms with Gasteiger partial charge in [0.2, 0.25) is 0 Å². The van der Waals surface area contributed by atoms with E-state index in [1.54, 1.807) is 0 Å². The van der Waals surface area contributed by atoms with Gasteiger partial charge in [-0.05, 0) is 60.4 Å². The fourth-order valence-corrected chi connectivity index (χ4v) is 10.5. The molecule has 1 aliphatic heterocycles. The van der Waals surface area contributed by atoms with E-state index in [1.165, 1.54) is 44.7 Å². The second kappa shape index (κ2) is 6.93. The van der Waals surface area contributed by atoms with Crippen molar-refractivity contribution in [2.75, 3.05) is 6.16 Å². The first kappa shape index (κ1) is 17.5. The van der Waals surface area contributed by atoms with Crippen LogP contribution in [0.1, 0.15) is 87.0 Å². The van der Waals surface area contributed by atoms with Gasteiger partial charge in [-0.25, -0.2) is 0 Å². The van der Waals surface area contributed by atoms with E-state index in [9.17, 15) is 0 Å². The van der Waals surface area contributed by atoms with Crippen molar-refractivity contribution < 1.29 is 0 Å². The predicted octanol–water partition coefficient (Wildman–Crippen LogP) is 6.67. The van der Waals surface area contributed by atoms with Crippen molar-refractivity contribution in [3.63, 3.8) is 0 Å². The van der Waals surface area contributed by atoms with Gasteiger partial charge in [0, 0.05) is 0 Å². The average molecular weight is 284 g/mol. The highest BCUT2D eigenvalue weighted by Crippen LogP contribution is 2.73. The molecule has 4 atom stereocenters. The molecule has 0 bridgehead atoms. The van der Waals surface area contributed by atoms with E-state index < -0.39 is 0 Å². The molecule has 0 aromatic heterocycles. The molecular weight excluding hydrogens is 247 g/mol. The third-order valence-corrected chi connectivity index (χ3v) is 11.3. The quantitative estimate of drug-likeness (QED) is 0.478. The third-order valence-electron chi connectivity index (χ3n) is 6.45. The first-order valence-corrected chi connectivity index (χ1v) is 10.3. The Morgan fingerprint density at radius 2 is 1.32 bits per heavy atom. The maximum absolute atomic E-state index is 2.57. The summed E-state index contributed by atoms with van der Waals surface area (Å²) in [5, 5.41) is 1.35. The summed E-state index contributed by atoms with van der Waals surface area (Å²) < 4.78 is 0. The molecule has 1 saturated heterocycles. The summed E-state index contributed by atoms with van der Waals surface area (Å²) >= 11 is 0. The Kier molecular flexibility index (Phi) is 6.37. The minimum Gasteiger partial charge on any atom is -0.0937 e. The highest BCUT2D eigenvalue weighted by molar-refractivity contribution is 7.61. The lowest BCUT2D eigenvalue weighted by Crippen LogP contribution is -2.51. The normalized spacial score (nSPS) is 38.4. The summed E-state index contributed by atoms with van der Waals surface area (Å²) in [4.78, 5) is 0. The lowest BCUT2D eigenvalue weighted by atomic mass is 9.74. The van der Waals surface area contributed by atoms with Crippen molar-refractivity contribution in [3.05, 3.63) is 0 Å². The minimum absolute atomic E-state index is 0.150. The Bertz CT molecular complexity index is 269. The Morgan fingerprint density at radius 3 is 1.68 bits per heavy atom. The molecule has 1 aliphatic rings. The fourth-order valence-electron chi connectivity index (χ4n) is 5.43. The molecule has 4 unspecified atom stereocenters. The van der Waals surface area contributed by atoms with Gasteiger partial charge in [-0.3, -0.25) is 0 Å². The molecule has 1 fully saturated rings. The molecule has 0 spiro atoms. The molecule has 0 N–H and O–H groups in total. The molecular formula is C18H37P. The van der Waals surface area contributed by atoms with E-state index in [0.717, 1.165) is 11.8 Å². The van der Waals surface area contributed by atoms with Gasteiger partial charge in [0.1, 0.15) is 0 Å². The molecule has 0 radical (unpaired) electrons. The second-order valence-corrected chi connectivity index (χ2v) is 10.1. The molecule has 1 heterocycles. The van der Waals surface area contributed by atoms with Gasteiger partial charge in [0.05, 0.1) is 0 Å². The second-order valence-electron chi connectivity index (χ2n) is 6.80. The van der Waals surface area contributed by atoms with Gasteiger partial charge >= 0.3 is 0 Å². The van der Waals surface area contributed by atoms with Crippen LogP contribution in [0.2, 0.25) is 0 Å². The molecule has 1 rings (SSSR count). The molecule has 0 aromatic rings. The van der Waals surface area contributed by atoms with E-state index in [0.29, 0.717) is 10.3 Å². The van der Waals surface area contributed by atoms with Crippen molar-refractivity contribution in [1.82, 2.24) is 0 Å². The van der Waals surface area contributed by atoms with Crippen LogP contribution in [-0.2, 0) is 0 Å². The largest absolute Gasteiger partial charge is 0.0937 e. The highest BCUT2D eigenvalue weighted by Gasteiger charge is 2.55. The zero-order chi connectivity index (χ0) is 14.7. The monoisotopic (exact) mass is 284 g/mol. The Morgan fingerprint density at radius 1 is 0.842 bits per heavy atom. The van der Waals surface area contributed by atoms with Gasteiger partial charge in [-0.1, -0.05) is 62.8 Å². The Hall–Kier alpha value is 0.430. The molecule has 114 valence electrons. The van der Waals surface area contributed by atoms with Crippen molar-refractivity contribution >= 4 is 7.92 Å². The molecule has 19 heavy (non-hydrogen) atoms. The summed E-state index contributed by atoms with van der Waals surface area (Å²) in [6, 6.07) is 0. The molecule has 0 amide bonds. The fraction of sp³-hybridized carbons (Fsp3) is 1.00. The van der Waals surface area contributed by atoms with Crippen LogP contribution in [0.4, 0.5) is 0 Å². The maximum atomic E-state index is 2.57. The molecule has 0 saturated carbocycles. The number of hydrogen-bond donors (Lipinski definition) is 0. The van der Waals surface area contributed by atoms with Crippen molar-refractivity contribution in [2.24, 2.45) is 11.8 Å². The van der Waals surface area contributed by atoms with Crippen LogP contribution in [0.3, 0.4) is 0 Å². The van der Waals surface area contributed by atoms with Gasteiger partial charge in [0.25, 0.3) is 0 Å². The summed E-state index contributed by atoms with van der Waals surface area (Å²) in [6.07, 6.45) is 9.97. The van der Waals surface area contributed by atoms with Gasteiger partial charge in [0.15, 0.2) is 0 Å². The molecule has 1 heteroatoms. The SMILES string of the molecule is CCCC1(CC)C(C)CC(C)C(CC)(CC)P1CC. The Balaban J connectivity index is 3.28. The van der Waals surface area contributed by atoms with E-state index in [2.05, 4.69) is 48.5 Å². The maximum Gasteiger partial charge on any atom is -0.00665 e. The summed E-state index contributed by atoms with van der Waals surface area (Å²) in [7, 11) is 0.150. The van der Waals surface area contributed by atoms with E-state index in [-0.39, 0.29) is 7.92 Å². The number of hydrogen-bond acceptors (Lipinski definition) is 0. The standard InChI is InChI=1S/C18H37P/c1-8-13-18(11-4)16(7)14-15(6)17(9-2,10-3)19(18)12-5/h15-16H,8-14H2,1-7H3. The molecule has 0 aromatic carbocycles. The zero-order valence-corrected chi connectivity index (χ0v) is 15.4. The third kappa shape index (κ3) is 2.64. The summed E-state index contributed by atoms with van der Waals surface area (Å²) in [6.45, 7) is 17.4. The summed E-state index contributed by atoms with van der Waals surface area (Å²) in [5.74, 6) is 1.87. The highest BCUT2D eigenvalue weighted by atomic mass is 31.1. The first-order valence-electron chi connectivity index (χ1n) is 8.76. The Labute approximate surface area is 123 Å². The van der Waals surface area contributed by atoms with Gasteiger partial charge in [-0.2, -0.15) is 0 Å². The average Bonchev–Trinajstić information content (AvgIpc) is 2.41. The van der Waals surface area contributed by atoms with Gasteiger partial charge < -0.3 is 0 Å². The topological polar surface area (TPSA) is 0 Å². The van der Waals surface area contributed by atoms with Gasteiger partial charge in [-0.15, -0.1) is 0 Å². The zero-order valence-electron chi connectivity index (χ0n) is 14.6. The lowest BCUT2D eigenvalue weighted by molar-refractivity contribution is 0.215. The first-order chi connectivity index (χ1) is 8.98. The molecule has 0 aliphatic carbocycles. The lowest BCUT2D eigenvalue weighted by Gasteiger charge is -2.61. The van der Waals surface area contributed by atoms with Crippen LogP contribution in [0.25, 0.3) is 0 Å². The van der Waals surface area contributed by atoms with Crippen molar-refractivity contribution in [1.29, 1.82) is 0 Å². The van der Waals surface area contributed by atoms with E-state index in [1.807, 2.05) is 0 Å². The summed E-state index contributed by atoms with van der Waals surface area (Å²) in [5.41, 5.74) is 0. The van der Waals surface area contributed by atoms with Crippen LogP contribution < -0.4 is 0 Å². The van der Waals surface area contributed by atoms with Crippen molar-refractivity contribution in [2.45, 2.75) is 97.3 Å². The smallest absolute Gasteiger partial charge is 0.00665 e. The minimum atomic E-state index is 0.150. The van der Waals surface area contributed by atoms with Crippen LogP contribution in [0, 0.1) is 11.8 Å². The van der Waals surface area contributed by atoms with E-state index in [4.69, 9.17) is 0 Å². The van der Waals surface area contributed by atoms with Crippen LogP contribution in [-0.4, -0.2) is 16.5 Å². The number of rotatable bonds is 6. The van der Waals surface area contributed by atoms with Crippen LogP contribution in [0.5, 0.6) is 0 Å². The predicted molar refractivity (Wildman–Crippen MR) is 91.6 cm³/mol. The van der Waals surface area contributed by atoms with Crippen molar-refractivity contribution in [3.8, 4) is 0 Å². The van der Waals surface area contributed by atoms with Crippen LogP contribution >= 0.6 is 7.92 Å². The molecule has 0 nitrogen and oxygen atoms in total. The van der Waals surface area contributed by atoms with E-state index >= 15 is 0 Å². The van der Waals surface area contributed by atoms with Crippen LogP contribution in [0.15, 0.2) is 0 Å².